The Morgan fingerprint density at radius 3 is 0.732 bits per heavy atom. The Hall–Kier alpha value is -7.95. The van der Waals surface area contributed by atoms with Crippen molar-refractivity contribution in [3.8, 4) is 96.7 Å². The summed E-state index contributed by atoms with van der Waals surface area (Å²) in [5.74, 6) is 3.56. The Labute approximate surface area is 324 Å². The predicted molar refractivity (Wildman–Crippen MR) is 221 cm³/mol. The lowest BCUT2D eigenvalue weighted by molar-refractivity contribution is 1.07. The quantitative estimate of drug-likeness (QED) is 0.154. The second-order valence-corrected chi connectivity index (χ2v) is 13.1. The molecule has 7 heteroatoms. The predicted octanol–water partition coefficient (Wildman–Crippen LogP) is 11.3. The molecule has 0 N–H and O–H groups in total. The van der Waals surface area contributed by atoms with Gasteiger partial charge in [-0.15, -0.1) is 0 Å². The molecular formula is C49H31N7. The van der Waals surface area contributed by atoms with Gasteiger partial charge >= 0.3 is 0 Å². The molecule has 7 aromatic carbocycles. The van der Waals surface area contributed by atoms with E-state index in [1.807, 2.05) is 188 Å². The van der Waals surface area contributed by atoms with Gasteiger partial charge in [0.05, 0.1) is 5.56 Å². The van der Waals surface area contributed by atoms with E-state index in [1.165, 1.54) is 0 Å². The van der Waals surface area contributed by atoms with Crippen LogP contribution in [0.3, 0.4) is 0 Å². The average molecular weight is 718 g/mol. The summed E-state index contributed by atoms with van der Waals surface area (Å²) in [6.07, 6.45) is 0. The molecule has 262 valence electrons. The van der Waals surface area contributed by atoms with Crippen molar-refractivity contribution in [2.24, 2.45) is 0 Å². The summed E-state index contributed by atoms with van der Waals surface area (Å²) < 4.78 is 0. The number of rotatable bonds is 8. The van der Waals surface area contributed by atoms with Gasteiger partial charge < -0.3 is 0 Å². The molecule has 7 nitrogen and oxygen atoms in total. The molecule has 0 fully saturated rings. The highest BCUT2D eigenvalue weighted by molar-refractivity contribution is 5.83. The third-order valence-electron chi connectivity index (χ3n) is 9.48. The van der Waals surface area contributed by atoms with Crippen LogP contribution in [-0.2, 0) is 0 Å². The van der Waals surface area contributed by atoms with Gasteiger partial charge in [0.25, 0.3) is 0 Å². The minimum absolute atomic E-state index is 0.573. The van der Waals surface area contributed by atoms with Crippen LogP contribution >= 0.6 is 0 Å². The molecule has 0 saturated heterocycles. The highest BCUT2D eigenvalue weighted by Crippen LogP contribution is 2.35. The Morgan fingerprint density at radius 1 is 0.250 bits per heavy atom. The van der Waals surface area contributed by atoms with Crippen molar-refractivity contribution in [2.75, 3.05) is 0 Å². The zero-order valence-electron chi connectivity index (χ0n) is 30.0. The molecule has 9 rings (SSSR count). The van der Waals surface area contributed by atoms with Crippen molar-refractivity contribution in [3.05, 3.63) is 194 Å². The third-order valence-corrected chi connectivity index (χ3v) is 9.48. The molecule has 0 aliphatic rings. The number of aromatic nitrogens is 6. The second-order valence-electron chi connectivity index (χ2n) is 13.1. The van der Waals surface area contributed by atoms with E-state index in [4.69, 9.17) is 29.9 Å². The lowest BCUT2D eigenvalue weighted by Crippen LogP contribution is -2.00. The summed E-state index contributed by atoms with van der Waals surface area (Å²) >= 11 is 0. The number of hydrogen-bond acceptors (Lipinski definition) is 7. The number of nitrogens with zero attached hydrogens (tertiary/aromatic N) is 7. The number of benzene rings is 7. The van der Waals surface area contributed by atoms with Gasteiger partial charge in [-0.25, -0.2) is 29.9 Å². The fourth-order valence-electron chi connectivity index (χ4n) is 6.63. The third kappa shape index (κ3) is 6.94. The van der Waals surface area contributed by atoms with Crippen molar-refractivity contribution in [2.45, 2.75) is 0 Å². The van der Waals surface area contributed by atoms with Crippen LogP contribution in [0.4, 0.5) is 0 Å². The van der Waals surface area contributed by atoms with Crippen LogP contribution in [0.25, 0.3) is 90.6 Å². The van der Waals surface area contributed by atoms with E-state index in [0.717, 1.165) is 55.6 Å². The first-order valence-corrected chi connectivity index (χ1v) is 18.2. The van der Waals surface area contributed by atoms with E-state index in [-0.39, 0.29) is 0 Å². The number of nitriles is 1. The van der Waals surface area contributed by atoms with E-state index >= 15 is 0 Å². The monoisotopic (exact) mass is 717 g/mol. The van der Waals surface area contributed by atoms with Crippen molar-refractivity contribution in [3.63, 3.8) is 0 Å². The van der Waals surface area contributed by atoms with Gasteiger partial charge in [0.1, 0.15) is 6.07 Å². The first-order valence-electron chi connectivity index (χ1n) is 18.2. The van der Waals surface area contributed by atoms with Crippen molar-refractivity contribution >= 4 is 0 Å². The van der Waals surface area contributed by atoms with Crippen molar-refractivity contribution in [1.29, 1.82) is 5.26 Å². The maximum Gasteiger partial charge on any atom is 0.164 e. The summed E-state index contributed by atoms with van der Waals surface area (Å²) in [7, 11) is 0. The van der Waals surface area contributed by atoms with Crippen LogP contribution in [0.5, 0.6) is 0 Å². The van der Waals surface area contributed by atoms with Gasteiger partial charge in [-0.05, 0) is 11.1 Å². The fourth-order valence-corrected chi connectivity index (χ4v) is 6.63. The van der Waals surface area contributed by atoms with Crippen LogP contribution in [-0.4, -0.2) is 29.9 Å². The van der Waals surface area contributed by atoms with Crippen molar-refractivity contribution in [1.82, 2.24) is 29.9 Å². The normalized spacial score (nSPS) is 10.8. The van der Waals surface area contributed by atoms with E-state index in [9.17, 15) is 5.26 Å². The molecule has 0 aliphatic heterocycles. The Bertz CT molecular complexity index is 2520. The standard InChI is InChI=1S/C49H31N7/c50-32-43-41(33-24-28-39(29-25-33)48-53-44(35-14-5-1-6-15-35)51-45(54-48)36-16-7-2-8-17-36)22-13-23-42(43)34-26-30-40(31-27-34)49-55-46(37-18-9-3-10-19-37)52-47(56-49)38-20-11-4-12-21-38/h1-31H. The second kappa shape index (κ2) is 15.2. The maximum absolute atomic E-state index is 10.5. The molecule has 0 atom stereocenters. The fraction of sp³-hybridized carbons (Fsp3) is 0. The van der Waals surface area contributed by atoms with Gasteiger partial charge in [0, 0.05) is 44.5 Å². The van der Waals surface area contributed by atoms with Gasteiger partial charge in [-0.1, -0.05) is 188 Å². The molecule has 2 aromatic heterocycles. The smallest absolute Gasteiger partial charge is 0.164 e. The van der Waals surface area contributed by atoms with Gasteiger partial charge in [0.15, 0.2) is 34.9 Å². The largest absolute Gasteiger partial charge is 0.208 e. The molecule has 9 aromatic rings. The molecule has 0 unspecified atom stereocenters. The van der Waals surface area contributed by atoms with E-state index in [1.54, 1.807) is 0 Å². The Kier molecular flexibility index (Phi) is 9.18. The van der Waals surface area contributed by atoms with E-state index in [2.05, 4.69) is 6.07 Å². The molecule has 0 saturated carbocycles. The summed E-state index contributed by atoms with van der Waals surface area (Å²) in [5, 5.41) is 10.5. The highest BCUT2D eigenvalue weighted by atomic mass is 15.0. The molecule has 0 bridgehead atoms. The topological polar surface area (TPSA) is 101 Å². The lowest BCUT2D eigenvalue weighted by atomic mass is 9.92. The Balaban J connectivity index is 1.04. The highest BCUT2D eigenvalue weighted by Gasteiger charge is 2.16. The molecule has 0 spiro atoms. The summed E-state index contributed by atoms with van der Waals surface area (Å²) in [4.78, 5) is 29.1. The molecule has 2 heterocycles. The summed E-state index contributed by atoms with van der Waals surface area (Å²) in [6, 6.07) is 64.2. The molecule has 0 aliphatic carbocycles. The zero-order chi connectivity index (χ0) is 37.7. The van der Waals surface area contributed by atoms with Crippen LogP contribution in [0.1, 0.15) is 5.56 Å². The van der Waals surface area contributed by atoms with Gasteiger partial charge in [0.2, 0.25) is 0 Å². The molecular weight excluding hydrogens is 687 g/mol. The summed E-state index contributed by atoms with van der Waals surface area (Å²) in [5.41, 5.74) is 9.43. The molecule has 0 radical (unpaired) electrons. The first-order chi connectivity index (χ1) is 27.7. The van der Waals surface area contributed by atoms with Gasteiger partial charge in [-0.3, -0.25) is 0 Å². The van der Waals surface area contributed by atoms with Gasteiger partial charge in [-0.2, -0.15) is 5.26 Å². The maximum atomic E-state index is 10.5. The molecule has 0 amide bonds. The van der Waals surface area contributed by atoms with E-state index in [0.29, 0.717) is 40.5 Å². The SMILES string of the molecule is N#Cc1c(-c2ccc(-c3nc(-c4ccccc4)nc(-c4ccccc4)n3)cc2)cccc1-c1ccc(-c2nc(-c3ccccc3)nc(-c3ccccc3)n2)cc1. The van der Waals surface area contributed by atoms with Crippen LogP contribution < -0.4 is 0 Å². The zero-order valence-corrected chi connectivity index (χ0v) is 30.0. The van der Waals surface area contributed by atoms with Crippen LogP contribution in [0.2, 0.25) is 0 Å². The van der Waals surface area contributed by atoms with Crippen LogP contribution in [0, 0.1) is 11.3 Å². The molecule has 56 heavy (non-hydrogen) atoms. The van der Waals surface area contributed by atoms with Crippen LogP contribution in [0.15, 0.2) is 188 Å². The Morgan fingerprint density at radius 2 is 0.482 bits per heavy atom. The van der Waals surface area contributed by atoms with E-state index < -0.39 is 0 Å². The lowest BCUT2D eigenvalue weighted by Gasteiger charge is -2.12. The van der Waals surface area contributed by atoms with Crippen molar-refractivity contribution < 1.29 is 0 Å². The number of hydrogen-bond donors (Lipinski definition) is 0. The minimum Gasteiger partial charge on any atom is -0.208 e. The summed E-state index contributed by atoms with van der Waals surface area (Å²) in [6.45, 7) is 0. The average Bonchev–Trinajstić information content (AvgIpc) is 3.29. The first kappa shape index (κ1) is 33.9. The minimum atomic E-state index is 0.573.